The third-order valence-electron chi connectivity index (χ3n) is 4.72. The lowest BCUT2D eigenvalue weighted by Gasteiger charge is -2.38. The number of aryl methyl sites for hydroxylation is 1. The molecular formula is C20H26N2O. The van der Waals surface area contributed by atoms with Gasteiger partial charge >= 0.3 is 0 Å². The van der Waals surface area contributed by atoms with Gasteiger partial charge in [-0.25, -0.2) is 0 Å². The quantitative estimate of drug-likeness (QED) is 0.845. The number of nitrogens with zero attached hydrogens (tertiary/aromatic N) is 2. The van der Waals surface area contributed by atoms with Crippen LogP contribution in [0.15, 0.2) is 48.5 Å². The van der Waals surface area contributed by atoms with Crippen LogP contribution in [-0.4, -0.2) is 36.2 Å². The Labute approximate surface area is 139 Å². The van der Waals surface area contributed by atoms with Crippen LogP contribution in [0.5, 0.6) is 0 Å². The van der Waals surface area contributed by atoms with Gasteiger partial charge in [0.15, 0.2) is 0 Å². The lowest BCUT2D eigenvalue weighted by molar-refractivity contribution is -0.00878. The Hall–Kier alpha value is -1.71. The van der Waals surface area contributed by atoms with Crippen molar-refractivity contribution in [2.24, 2.45) is 5.92 Å². The largest absolute Gasteiger partial charge is 0.381 e. The molecule has 1 fully saturated rings. The third kappa shape index (κ3) is 4.40. The number of hydrogen-bond acceptors (Lipinski definition) is 3. The van der Waals surface area contributed by atoms with Gasteiger partial charge in [0.05, 0.1) is 11.8 Å². The molecule has 3 rings (SSSR count). The van der Waals surface area contributed by atoms with Crippen LogP contribution in [-0.2, 0) is 17.7 Å². The average molecular weight is 310 g/mol. The first-order valence-corrected chi connectivity index (χ1v) is 8.46. The number of pyridine rings is 1. The predicted molar refractivity (Wildman–Crippen MR) is 93.3 cm³/mol. The van der Waals surface area contributed by atoms with Crippen LogP contribution >= 0.6 is 0 Å². The van der Waals surface area contributed by atoms with Crippen LogP contribution in [0.25, 0.3) is 0 Å². The first kappa shape index (κ1) is 16.2. The second kappa shape index (κ2) is 7.71. The van der Waals surface area contributed by atoms with Gasteiger partial charge in [-0.2, -0.15) is 0 Å². The molecule has 1 aromatic carbocycles. The Balaban J connectivity index is 1.65. The third-order valence-corrected chi connectivity index (χ3v) is 4.72. The van der Waals surface area contributed by atoms with Gasteiger partial charge in [0.1, 0.15) is 0 Å². The van der Waals surface area contributed by atoms with Crippen molar-refractivity contribution < 1.29 is 4.74 Å². The molecule has 3 nitrogen and oxygen atoms in total. The maximum Gasteiger partial charge on any atom is 0.0627 e. The van der Waals surface area contributed by atoms with E-state index in [1.807, 2.05) is 7.11 Å². The molecule has 1 aliphatic heterocycles. The second-order valence-corrected chi connectivity index (χ2v) is 6.52. The summed E-state index contributed by atoms with van der Waals surface area (Å²) in [5, 5.41) is 0. The molecule has 0 bridgehead atoms. The predicted octanol–water partition coefficient (Wildman–Crippen LogP) is 3.47. The first-order valence-electron chi connectivity index (χ1n) is 8.46. The van der Waals surface area contributed by atoms with Gasteiger partial charge in [-0.1, -0.05) is 36.4 Å². The van der Waals surface area contributed by atoms with Gasteiger partial charge in [0.2, 0.25) is 0 Å². The topological polar surface area (TPSA) is 25.4 Å². The van der Waals surface area contributed by atoms with Crippen LogP contribution in [0.4, 0.5) is 0 Å². The summed E-state index contributed by atoms with van der Waals surface area (Å²) in [6.07, 6.45) is 2.54. The van der Waals surface area contributed by atoms with Gasteiger partial charge in [-0.05, 0) is 37.5 Å². The number of hydrogen-bond donors (Lipinski definition) is 0. The molecule has 122 valence electrons. The molecule has 0 radical (unpaired) electrons. The van der Waals surface area contributed by atoms with Crippen molar-refractivity contribution in [2.45, 2.75) is 32.4 Å². The standard InChI is InChI=1S/C20H26N2O/c1-16-7-6-10-19(21-16)15-22-12-11-20(23-2)18(14-22)13-17-8-4-3-5-9-17/h3-10,18,20H,11-15H2,1-2H3/t18-,20-/m1/s1. The SMILES string of the molecule is CO[C@@H]1CCN(Cc2cccc(C)n2)C[C@H]1Cc1ccccc1. The van der Waals surface area contributed by atoms with Crippen molar-refractivity contribution >= 4 is 0 Å². The minimum absolute atomic E-state index is 0.358. The van der Waals surface area contributed by atoms with Crippen molar-refractivity contribution in [3.63, 3.8) is 0 Å². The highest BCUT2D eigenvalue weighted by Crippen LogP contribution is 2.24. The minimum Gasteiger partial charge on any atom is -0.381 e. The van der Waals surface area contributed by atoms with Crippen molar-refractivity contribution in [1.82, 2.24) is 9.88 Å². The first-order chi connectivity index (χ1) is 11.2. The van der Waals surface area contributed by atoms with E-state index in [-0.39, 0.29) is 0 Å². The molecule has 0 spiro atoms. The van der Waals surface area contributed by atoms with Crippen molar-refractivity contribution in [3.05, 3.63) is 65.5 Å². The van der Waals surface area contributed by atoms with Crippen LogP contribution in [0.3, 0.4) is 0 Å². The number of benzene rings is 1. The summed E-state index contributed by atoms with van der Waals surface area (Å²) in [4.78, 5) is 7.16. The van der Waals surface area contributed by atoms with E-state index >= 15 is 0 Å². The Bertz CT molecular complexity index is 614. The highest BCUT2D eigenvalue weighted by molar-refractivity contribution is 5.16. The molecule has 0 N–H and O–H groups in total. The van der Waals surface area contributed by atoms with Gasteiger partial charge in [0.25, 0.3) is 0 Å². The fourth-order valence-corrected chi connectivity index (χ4v) is 3.57. The average Bonchev–Trinajstić information content (AvgIpc) is 2.56. The maximum atomic E-state index is 5.75. The van der Waals surface area contributed by atoms with E-state index in [0.29, 0.717) is 12.0 Å². The molecule has 1 saturated heterocycles. The number of likely N-dealkylation sites (tertiary alicyclic amines) is 1. The fraction of sp³-hybridized carbons (Fsp3) is 0.450. The summed E-state index contributed by atoms with van der Waals surface area (Å²) >= 11 is 0. The van der Waals surface area contributed by atoms with E-state index in [4.69, 9.17) is 4.74 Å². The zero-order valence-corrected chi connectivity index (χ0v) is 14.1. The number of ether oxygens (including phenoxy) is 1. The normalized spacial score (nSPS) is 22.2. The number of methoxy groups -OCH3 is 1. The summed E-state index contributed by atoms with van der Waals surface area (Å²) in [5.41, 5.74) is 3.66. The van der Waals surface area contributed by atoms with Crippen LogP contribution in [0.2, 0.25) is 0 Å². The van der Waals surface area contributed by atoms with E-state index in [1.54, 1.807) is 0 Å². The molecule has 2 atom stereocenters. The van der Waals surface area contributed by atoms with E-state index in [1.165, 1.54) is 11.3 Å². The van der Waals surface area contributed by atoms with E-state index in [0.717, 1.165) is 38.2 Å². The Morgan fingerprint density at radius 3 is 2.70 bits per heavy atom. The molecule has 0 aliphatic carbocycles. The van der Waals surface area contributed by atoms with Crippen LogP contribution in [0.1, 0.15) is 23.4 Å². The zero-order valence-electron chi connectivity index (χ0n) is 14.1. The van der Waals surface area contributed by atoms with E-state index < -0.39 is 0 Å². The highest BCUT2D eigenvalue weighted by Gasteiger charge is 2.29. The zero-order chi connectivity index (χ0) is 16.1. The Morgan fingerprint density at radius 2 is 1.96 bits per heavy atom. The van der Waals surface area contributed by atoms with Gasteiger partial charge in [0, 0.05) is 38.4 Å². The molecule has 23 heavy (non-hydrogen) atoms. The Kier molecular flexibility index (Phi) is 5.42. The van der Waals surface area contributed by atoms with Crippen molar-refractivity contribution in [1.29, 1.82) is 0 Å². The molecule has 0 saturated carbocycles. The van der Waals surface area contributed by atoms with Gasteiger partial charge < -0.3 is 4.74 Å². The maximum absolute atomic E-state index is 5.75. The molecule has 3 heteroatoms. The molecular weight excluding hydrogens is 284 g/mol. The monoisotopic (exact) mass is 310 g/mol. The fourth-order valence-electron chi connectivity index (χ4n) is 3.57. The molecule has 2 aromatic rings. The molecule has 0 unspecified atom stereocenters. The van der Waals surface area contributed by atoms with Crippen molar-refractivity contribution in [2.75, 3.05) is 20.2 Å². The number of aromatic nitrogens is 1. The summed E-state index contributed by atoms with van der Waals surface area (Å²) in [7, 11) is 1.85. The highest BCUT2D eigenvalue weighted by atomic mass is 16.5. The summed E-state index contributed by atoms with van der Waals surface area (Å²) in [6, 6.07) is 17.0. The summed E-state index contributed by atoms with van der Waals surface area (Å²) < 4.78 is 5.75. The smallest absolute Gasteiger partial charge is 0.0627 e. The lowest BCUT2D eigenvalue weighted by Crippen LogP contribution is -2.44. The minimum atomic E-state index is 0.358. The van der Waals surface area contributed by atoms with E-state index in [9.17, 15) is 0 Å². The molecule has 0 amide bonds. The number of rotatable bonds is 5. The van der Waals surface area contributed by atoms with Gasteiger partial charge in [-0.3, -0.25) is 9.88 Å². The number of piperidine rings is 1. The molecule has 1 aromatic heterocycles. The Morgan fingerprint density at radius 1 is 1.13 bits per heavy atom. The van der Waals surface area contributed by atoms with Crippen LogP contribution < -0.4 is 0 Å². The van der Waals surface area contributed by atoms with Crippen molar-refractivity contribution in [3.8, 4) is 0 Å². The van der Waals surface area contributed by atoms with E-state index in [2.05, 4.69) is 65.3 Å². The molecule has 1 aliphatic rings. The van der Waals surface area contributed by atoms with Crippen LogP contribution in [0, 0.1) is 12.8 Å². The molecule has 2 heterocycles. The summed E-state index contributed by atoms with van der Waals surface area (Å²) in [5.74, 6) is 0.543. The second-order valence-electron chi connectivity index (χ2n) is 6.52. The van der Waals surface area contributed by atoms with Gasteiger partial charge in [-0.15, -0.1) is 0 Å². The lowest BCUT2D eigenvalue weighted by atomic mass is 9.88. The summed E-state index contributed by atoms with van der Waals surface area (Å²) in [6.45, 7) is 5.14.